The highest BCUT2D eigenvalue weighted by atomic mass is 15.3. The van der Waals surface area contributed by atoms with E-state index in [0.717, 1.165) is 37.1 Å². The summed E-state index contributed by atoms with van der Waals surface area (Å²) in [5.74, 6) is 3.09. The zero-order valence-corrected chi connectivity index (χ0v) is 13.0. The van der Waals surface area contributed by atoms with Crippen molar-refractivity contribution in [2.24, 2.45) is 5.92 Å². The van der Waals surface area contributed by atoms with E-state index in [-0.39, 0.29) is 0 Å². The van der Waals surface area contributed by atoms with Crippen LogP contribution in [0.25, 0.3) is 0 Å². The average Bonchev–Trinajstić information content (AvgIpc) is 3.14. The molecule has 2 fully saturated rings. The van der Waals surface area contributed by atoms with Crippen LogP contribution < -0.4 is 16.0 Å². The lowest BCUT2D eigenvalue weighted by molar-refractivity contribution is 0.429. The van der Waals surface area contributed by atoms with Gasteiger partial charge in [-0.15, -0.1) is 0 Å². The average molecular weight is 289 g/mol. The first-order valence-electron chi connectivity index (χ1n) is 8.43. The number of nitrogens with zero attached hydrogens (tertiary/aromatic N) is 3. The van der Waals surface area contributed by atoms with Gasteiger partial charge < -0.3 is 16.0 Å². The molecular formula is C16H27N5. The van der Waals surface area contributed by atoms with Gasteiger partial charge in [-0.25, -0.2) is 0 Å². The molecule has 1 aromatic heterocycles. The standard InChI is InChI=1S/C16H27N5/c1-2-9-18-14-11-15(20-16(17)19-14)21-10-5-8-13(21)12-6-3-4-7-12/h11-13H,2-10H2,1H3,(H3,17,18,19,20). The Hall–Kier alpha value is -1.52. The van der Waals surface area contributed by atoms with E-state index >= 15 is 0 Å². The van der Waals surface area contributed by atoms with Crippen molar-refractivity contribution in [3.8, 4) is 0 Å². The molecule has 0 spiro atoms. The first kappa shape index (κ1) is 14.4. The van der Waals surface area contributed by atoms with E-state index in [9.17, 15) is 0 Å². The molecule has 21 heavy (non-hydrogen) atoms. The Morgan fingerprint density at radius 1 is 1.24 bits per heavy atom. The molecule has 1 atom stereocenters. The van der Waals surface area contributed by atoms with Crippen LogP contribution in [0.2, 0.25) is 0 Å². The van der Waals surface area contributed by atoms with Crippen LogP contribution in [-0.2, 0) is 0 Å². The largest absolute Gasteiger partial charge is 0.370 e. The summed E-state index contributed by atoms with van der Waals surface area (Å²) in [4.78, 5) is 11.3. The third-order valence-corrected chi connectivity index (χ3v) is 4.82. The number of nitrogens with one attached hydrogen (secondary N) is 1. The summed E-state index contributed by atoms with van der Waals surface area (Å²) >= 11 is 0. The molecule has 1 aromatic rings. The molecule has 1 aliphatic heterocycles. The van der Waals surface area contributed by atoms with Crippen LogP contribution in [0.4, 0.5) is 17.6 Å². The van der Waals surface area contributed by atoms with Crippen LogP contribution in [0.3, 0.4) is 0 Å². The topological polar surface area (TPSA) is 67.1 Å². The summed E-state index contributed by atoms with van der Waals surface area (Å²) in [6, 6.07) is 2.72. The van der Waals surface area contributed by atoms with Gasteiger partial charge in [0.2, 0.25) is 5.95 Å². The van der Waals surface area contributed by atoms with E-state index in [1.165, 1.54) is 38.5 Å². The Labute approximate surface area is 127 Å². The quantitative estimate of drug-likeness (QED) is 0.872. The smallest absolute Gasteiger partial charge is 0.223 e. The molecule has 0 bridgehead atoms. The van der Waals surface area contributed by atoms with Gasteiger partial charge in [-0.1, -0.05) is 19.8 Å². The second-order valence-corrected chi connectivity index (χ2v) is 6.34. The molecule has 0 radical (unpaired) electrons. The van der Waals surface area contributed by atoms with E-state index in [4.69, 9.17) is 5.73 Å². The number of anilines is 3. The molecule has 1 saturated carbocycles. The summed E-state index contributed by atoms with van der Waals surface area (Å²) < 4.78 is 0. The van der Waals surface area contributed by atoms with Crippen molar-refractivity contribution in [3.05, 3.63) is 6.07 Å². The predicted octanol–water partition coefficient (Wildman–Crippen LogP) is 3.04. The highest BCUT2D eigenvalue weighted by Gasteiger charge is 2.34. The van der Waals surface area contributed by atoms with E-state index in [0.29, 0.717) is 12.0 Å². The first-order chi connectivity index (χ1) is 10.3. The van der Waals surface area contributed by atoms with Gasteiger partial charge in [-0.3, -0.25) is 0 Å². The molecule has 2 aliphatic rings. The van der Waals surface area contributed by atoms with Crippen molar-refractivity contribution in [1.82, 2.24) is 9.97 Å². The maximum absolute atomic E-state index is 5.91. The SMILES string of the molecule is CCCNc1cc(N2CCCC2C2CCCC2)nc(N)n1. The fourth-order valence-corrected chi connectivity index (χ4v) is 3.85. The number of rotatable bonds is 5. The normalized spacial score (nSPS) is 22.9. The fourth-order valence-electron chi connectivity index (χ4n) is 3.85. The molecule has 2 heterocycles. The zero-order chi connectivity index (χ0) is 14.7. The van der Waals surface area contributed by atoms with Crippen LogP contribution in [0, 0.1) is 5.92 Å². The lowest BCUT2D eigenvalue weighted by atomic mass is 9.96. The van der Waals surface area contributed by atoms with Crippen molar-refractivity contribution in [3.63, 3.8) is 0 Å². The molecule has 5 nitrogen and oxygen atoms in total. The van der Waals surface area contributed by atoms with Crippen LogP contribution >= 0.6 is 0 Å². The van der Waals surface area contributed by atoms with Crippen molar-refractivity contribution in [2.75, 3.05) is 29.0 Å². The van der Waals surface area contributed by atoms with Crippen LogP contribution in [0.15, 0.2) is 6.07 Å². The Kier molecular flexibility index (Phi) is 4.46. The molecule has 1 unspecified atom stereocenters. The van der Waals surface area contributed by atoms with E-state index in [2.05, 4.69) is 33.2 Å². The van der Waals surface area contributed by atoms with Gasteiger partial charge >= 0.3 is 0 Å². The minimum Gasteiger partial charge on any atom is -0.370 e. The number of nitrogens with two attached hydrogens (primary N) is 1. The van der Waals surface area contributed by atoms with E-state index < -0.39 is 0 Å². The lowest BCUT2D eigenvalue weighted by Crippen LogP contribution is -2.35. The third-order valence-electron chi connectivity index (χ3n) is 4.82. The molecule has 0 amide bonds. The maximum Gasteiger partial charge on any atom is 0.223 e. The first-order valence-corrected chi connectivity index (χ1v) is 8.43. The number of hydrogen-bond donors (Lipinski definition) is 2. The van der Waals surface area contributed by atoms with Gasteiger partial charge in [0.1, 0.15) is 11.6 Å². The van der Waals surface area contributed by atoms with Crippen molar-refractivity contribution < 1.29 is 0 Å². The minimum absolute atomic E-state index is 0.378. The van der Waals surface area contributed by atoms with Gasteiger partial charge in [0, 0.05) is 25.2 Å². The Balaban J connectivity index is 1.79. The molecule has 5 heteroatoms. The molecule has 3 rings (SSSR count). The van der Waals surface area contributed by atoms with Gasteiger partial charge in [0.05, 0.1) is 0 Å². The van der Waals surface area contributed by atoms with Gasteiger partial charge in [0.25, 0.3) is 0 Å². The second kappa shape index (κ2) is 6.50. The van der Waals surface area contributed by atoms with Gasteiger partial charge in [0.15, 0.2) is 0 Å². The summed E-state index contributed by atoms with van der Waals surface area (Å²) in [6.45, 7) is 4.17. The Morgan fingerprint density at radius 2 is 2.05 bits per heavy atom. The Bertz CT molecular complexity index is 470. The molecule has 3 N–H and O–H groups in total. The maximum atomic E-state index is 5.91. The lowest BCUT2D eigenvalue weighted by Gasteiger charge is -2.30. The monoisotopic (exact) mass is 289 g/mol. The number of hydrogen-bond acceptors (Lipinski definition) is 5. The summed E-state index contributed by atoms with van der Waals surface area (Å²) in [7, 11) is 0. The molecule has 1 aliphatic carbocycles. The zero-order valence-electron chi connectivity index (χ0n) is 13.0. The number of aromatic nitrogens is 2. The van der Waals surface area contributed by atoms with Crippen LogP contribution in [-0.4, -0.2) is 29.1 Å². The minimum atomic E-state index is 0.378. The molecule has 116 valence electrons. The van der Waals surface area contributed by atoms with Gasteiger partial charge in [-0.05, 0) is 38.0 Å². The fraction of sp³-hybridized carbons (Fsp3) is 0.750. The van der Waals surface area contributed by atoms with E-state index in [1.54, 1.807) is 0 Å². The molecular weight excluding hydrogens is 262 g/mol. The van der Waals surface area contributed by atoms with Crippen molar-refractivity contribution >= 4 is 17.6 Å². The molecule has 0 aromatic carbocycles. The van der Waals surface area contributed by atoms with Crippen LogP contribution in [0.5, 0.6) is 0 Å². The van der Waals surface area contributed by atoms with Crippen molar-refractivity contribution in [1.29, 1.82) is 0 Å². The second-order valence-electron chi connectivity index (χ2n) is 6.34. The summed E-state index contributed by atoms with van der Waals surface area (Å²) in [5, 5.41) is 3.33. The highest BCUT2D eigenvalue weighted by Crippen LogP contribution is 2.37. The number of nitrogen functional groups attached to an aromatic ring is 1. The van der Waals surface area contributed by atoms with E-state index in [1.807, 2.05) is 0 Å². The molecule has 1 saturated heterocycles. The predicted molar refractivity (Wildman–Crippen MR) is 87.6 cm³/mol. The Morgan fingerprint density at radius 3 is 2.81 bits per heavy atom. The van der Waals surface area contributed by atoms with Gasteiger partial charge in [-0.2, -0.15) is 9.97 Å². The summed E-state index contributed by atoms with van der Waals surface area (Å²) in [6.07, 6.45) is 9.18. The third kappa shape index (κ3) is 3.22. The van der Waals surface area contributed by atoms with Crippen LogP contribution in [0.1, 0.15) is 51.9 Å². The van der Waals surface area contributed by atoms with Crippen molar-refractivity contribution in [2.45, 2.75) is 57.9 Å². The summed E-state index contributed by atoms with van der Waals surface area (Å²) in [5.41, 5.74) is 5.91. The highest BCUT2D eigenvalue weighted by molar-refractivity contribution is 5.53.